The summed E-state index contributed by atoms with van der Waals surface area (Å²) < 4.78 is 33.6. The number of benzene rings is 1. The molecule has 1 unspecified atom stereocenters. The van der Waals surface area contributed by atoms with Crippen molar-refractivity contribution in [3.8, 4) is 0 Å². The smallest absolute Gasteiger partial charge is 0.228 e. The molecule has 0 spiro atoms. The molecule has 1 amide bonds. The summed E-state index contributed by atoms with van der Waals surface area (Å²) in [6, 6.07) is 9.07. The van der Waals surface area contributed by atoms with Gasteiger partial charge >= 0.3 is 0 Å². The van der Waals surface area contributed by atoms with E-state index in [9.17, 15) is 13.2 Å². The van der Waals surface area contributed by atoms with Gasteiger partial charge in [0.05, 0.1) is 30.3 Å². The monoisotopic (exact) mass is 443 g/mol. The first kappa shape index (κ1) is 21.8. The van der Waals surface area contributed by atoms with Crippen LogP contribution in [0.2, 0.25) is 0 Å². The highest BCUT2D eigenvalue weighted by atomic mass is 32.2. The number of carbonyl (C=O) groups is 1. The minimum atomic E-state index is -3.65. The van der Waals surface area contributed by atoms with Crippen LogP contribution in [0.5, 0.6) is 0 Å². The Balaban J connectivity index is 1.59. The fourth-order valence-corrected chi connectivity index (χ4v) is 5.50. The minimum absolute atomic E-state index is 0.0159. The molecular weight excluding hydrogens is 414 g/mol. The maximum absolute atomic E-state index is 13.1. The molecule has 1 saturated heterocycles. The number of nitrogens with zero attached hydrogens (tertiary/aromatic N) is 3. The second kappa shape index (κ2) is 9.36. The zero-order valence-electron chi connectivity index (χ0n) is 17.7. The Morgan fingerprint density at radius 1 is 1.26 bits per heavy atom. The number of sulfone groups is 1. The molecule has 2 heterocycles. The summed E-state index contributed by atoms with van der Waals surface area (Å²) >= 11 is 0. The lowest BCUT2D eigenvalue weighted by Gasteiger charge is -2.26. The molecule has 1 aliphatic heterocycles. The first-order valence-corrected chi connectivity index (χ1v) is 12.5. The van der Waals surface area contributed by atoms with Crippen molar-refractivity contribution in [3.05, 3.63) is 60.4 Å². The molecule has 1 aromatic heterocycles. The summed E-state index contributed by atoms with van der Waals surface area (Å²) in [5.41, 5.74) is 1.40. The van der Waals surface area contributed by atoms with Crippen molar-refractivity contribution in [2.75, 3.05) is 13.2 Å². The Morgan fingerprint density at radius 2 is 2.03 bits per heavy atom. The van der Waals surface area contributed by atoms with Gasteiger partial charge in [-0.15, -0.1) is 6.58 Å². The summed E-state index contributed by atoms with van der Waals surface area (Å²) in [6.07, 6.45) is 7.06. The molecular formula is C23H29N3O4S. The molecule has 2 fully saturated rings. The summed E-state index contributed by atoms with van der Waals surface area (Å²) in [5.74, 6) is 0.0798. The van der Waals surface area contributed by atoms with Gasteiger partial charge in [-0.1, -0.05) is 36.4 Å². The number of hydrogen-bond donors (Lipinski definition) is 0. The summed E-state index contributed by atoms with van der Waals surface area (Å²) in [4.78, 5) is 19.0. The summed E-state index contributed by atoms with van der Waals surface area (Å²) in [5, 5.41) is 0.0159. The van der Waals surface area contributed by atoms with Gasteiger partial charge in [0, 0.05) is 25.6 Å². The predicted molar refractivity (Wildman–Crippen MR) is 117 cm³/mol. The Bertz CT molecular complexity index is 1020. The van der Waals surface area contributed by atoms with Crippen molar-refractivity contribution in [1.82, 2.24) is 14.5 Å². The highest BCUT2D eigenvalue weighted by Gasteiger charge is 2.35. The number of amides is 1. The van der Waals surface area contributed by atoms with Gasteiger partial charge in [-0.05, 0) is 31.2 Å². The normalized spacial score (nSPS) is 18.8. The van der Waals surface area contributed by atoms with E-state index in [2.05, 4.69) is 11.6 Å². The highest BCUT2D eigenvalue weighted by molar-refractivity contribution is 7.90. The molecule has 0 N–H and O–H groups in total. The van der Waals surface area contributed by atoms with E-state index in [0.717, 1.165) is 32.3 Å². The third kappa shape index (κ3) is 5.25. The zero-order chi connectivity index (χ0) is 21.8. The maximum Gasteiger partial charge on any atom is 0.228 e. The van der Waals surface area contributed by atoms with Crippen LogP contribution in [-0.4, -0.2) is 48.0 Å². The molecule has 1 atom stereocenters. The average Bonchev–Trinajstić information content (AvgIpc) is 3.33. The maximum atomic E-state index is 13.1. The van der Waals surface area contributed by atoms with Crippen LogP contribution in [0.1, 0.15) is 36.9 Å². The number of hydrogen-bond acceptors (Lipinski definition) is 5. The number of allylic oxidation sites excluding steroid dienone is 1. The van der Waals surface area contributed by atoms with Gasteiger partial charge in [0.2, 0.25) is 20.9 Å². The van der Waals surface area contributed by atoms with Gasteiger partial charge in [0.1, 0.15) is 0 Å². The van der Waals surface area contributed by atoms with Crippen LogP contribution >= 0.6 is 0 Å². The van der Waals surface area contributed by atoms with Gasteiger partial charge in [-0.25, -0.2) is 13.4 Å². The van der Waals surface area contributed by atoms with Gasteiger partial charge in [0.15, 0.2) is 0 Å². The van der Waals surface area contributed by atoms with E-state index in [-0.39, 0.29) is 28.8 Å². The van der Waals surface area contributed by atoms with E-state index >= 15 is 0 Å². The van der Waals surface area contributed by atoms with Crippen molar-refractivity contribution < 1.29 is 17.9 Å². The van der Waals surface area contributed by atoms with Crippen molar-refractivity contribution in [3.63, 3.8) is 0 Å². The molecule has 1 saturated carbocycles. The van der Waals surface area contributed by atoms with Crippen LogP contribution in [0.3, 0.4) is 0 Å². The first-order valence-electron chi connectivity index (χ1n) is 10.8. The molecule has 0 bridgehead atoms. The van der Waals surface area contributed by atoms with E-state index in [1.54, 1.807) is 29.0 Å². The Kier molecular flexibility index (Phi) is 6.57. The average molecular weight is 444 g/mol. The van der Waals surface area contributed by atoms with Gasteiger partial charge in [-0.2, -0.15) is 0 Å². The van der Waals surface area contributed by atoms with Crippen LogP contribution in [-0.2, 0) is 38.2 Å². The summed E-state index contributed by atoms with van der Waals surface area (Å²) in [7, 11) is -3.65. The molecule has 31 heavy (non-hydrogen) atoms. The lowest BCUT2D eigenvalue weighted by molar-refractivity contribution is -0.134. The van der Waals surface area contributed by atoms with E-state index in [4.69, 9.17) is 4.74 Å². The summed E-state index contributed by atoms with van der Waals surface area (Å²) in [6.45, 7) is 5.66. The largest absolute Gasteiger partial charge is 0.376 e. The zero-order valence-corrected chi connectivity index (χ0v) is 18.5. The van der Waals surface area contributed by atoms with Crippen molar-refractivity contribution in [1.29, 1.82) is 0 Å². The van der Waals surface area contributed by atoms with E-state index in [1.807, 2.05) is 23.1 Å². The predicted octanol–water partition coefficient (Wildman–Crippen LogP) is 2.96. The second-order valence-corrected chi connectivity index (χ2v) is 10.2. The molecule has 166 valence electrons. The molecule has 7 nitrogen and oxygen atoms in total. The lowest BCUT2D eigenvalue weighted by atomic mass is 10.2. The van der Waals surface area contributed by atoms with E-state index < -0.39 is 9.84 Å². The topological polar surface area (TPSA) is 81.5 Å². The SMILES string of the molecule is C=CCn1c(CN(CC2CCCO2)C(=O)C2CC2)cnc1S(=O)(=O)Cc1ccccc1. The quantitative estimate of drug-likeness (QED) is 0.528. The Labute approximate surface area is 183 Å². The molecule has 2 aliphatic rings. The molecule has 1 aliphatic carbocycles. The standard InChI is InChI=1S/C23H29N3O4S/c1-2-12-26-20(14-24-23(26)31(28,29)17-18-7-4-3-5-8-18)15-25(22(27)19-10-11-19)16-21-9-6-13-30-21/h2-5,7-8,14,19,21H,1,6,9-13,15-17H2. The van der Waals surface area contributed by atoms with Crippen LogP contribution < -0.4 is 0 Å². The van der Waals surface area contributed by atoms with Crippen molar-refractivity contribution >= 4 is 15.7 Å². The van der Waals surface area contributed by atoms with Crippen LogP contribution in [0.4, 0.5) is 0 Å². The number of imidazole rings is 1. The molecule has 4 rings (SSSR count). The van der Waals surface area contributed by atoms with Crippen molar-refractivity contribution in [2.45, 2.75) is 55.8 Å². The lowest BCUT2D eigenvalue weighted by Crippen LogP contribution is -2.38. The van der Waals surface area contributed by atoms with Crippen LogP contribution in [0.15, 0.2) is 54.3 Å². The second-order valence-electron chi connectivity index (χ2n) is 8.30. The number of ether oxygens (including phenoxy) is 1. The fraction of sp³-hybridized carbons (Fsp3) is 0.478. The minimum Gasteiger partial charge on any atom is -0.376 e. The van der Waals surface area contributed by atoms with E-state index in [0.29, 0.717) is 30.9 Å². The molecule has 8 heteroatoms. The van der Waals surface area contributed by atoms with Crippen LogP contribution in [0.25, 0.3) is 0 Å². The Morgan fingerprint density at radius 3 is 2.68 bits per heavy atom. The number of rotatable bonds is 10. The number of aromatic nitrogens is 2. The van der Waals surface area contributed by atoms with Gasteiger partial charge in [0.25, 0.3) is 0 Å². The van der Waals surface area contributed by atoms with Gasteiger partial charge in [-0.3, -0.25) is 4.79 Å². The third-order valence-corrected chi connectivity index (χ3v) is 7.33. The molecule has 2 aromatic rings. The molecule has 0 radical (unpaired) electrons. The highest BCUT2D eigenvalue weighted by Crippen LogP contribution is 2.32. The first-order chi connectivity index (χ1) is 15.0. The number of carbonyl (C=O) groups excluding carboxylic acids is 1. The van der Waals surface area contributed by atoms with Crippen molar-refractivity contribution in [2.24, 2.45) is 5.92 Å². The molecule has 1 aromatic carbocycles. The van der Waals surface area contributed by atoms with Gasteiger partial charge < -0.3 is 14.2 Å². The fourth-order valence-electron chi connectivity index (χ4n) is 4.00. The van der Waals surface area contributed by atoms with Crippen LogP contribution in [0, 0.1) is 5.92 Å². The Hall–Kier alpha value is -2.45. The van der Waals surface area contributed by atoms with E-state index in [1.165, 1.54) is 0 Å². The third-order valence-electron chi connectivity index (χ3n) is 5.73.